The maximum Gasteiger partial charge on any atom is 0.108 e. The molecule has 4 heteroatoms. The highest BCUT2D eigenvalue weighted by atomic mass is 32.2. The molecule has 0 saturated carbocycles. The third kappa shape index (κ3) is 3.39. The van der Waals surface area contributed by atoms with E-state index in [1.165, 1.54) is 0 Å². The second-order valence-electron chi connectivity index (χ2n) is 2.86. The molecule has 0 amide bonds. The quantitative estimate of drug-likeness (QED) is 0.668. The molecule has 13 heavy (non-hydrogen) atoms. The molecule has 0 aromatic heterocycles. The zero-order valence-electron chi connectivity index (χ0n) is 7.70. The first-order chi connectivity index (χ1) is 6.38. The van der Waals surface area contributed by atoms with E-state index in [9.17, 15) is 0 Å². The van der Waals surface area contributed by atoms with Crippen molar-refractivity contribution >= 4 is 11.8 Å². The Labute approximate surface area is 83.8 Å². The van der Waals surface area contributed by atoms with Crippen molar-refractivity contribution in [3.63, 3.8) is 0 Å². The molecule has 0 aromatic rings. The molecule has 0 bridgehead atoms. The van der Waals surface area contributed by atoms with Gasteiger partial charge in [0.05, 0.1) is 6.07 Å². The van der Waals surface area contributed by atoms with Gasteiger partial charge in [-0.15, -0.1) is 18.3 Å². The molecule has 3 nitrogen and oxygen atoms in total. The summed E-state index contributed by atoms with van der Waals surface area (Å²) >= 11 is 1.90. The minimum atomic E-state index is 0.381. The molecule has 1 heterocycles. The van der Waals surface area contributed by atoms with Gasteiger partial charge in [0.1, 0.15) is 5.50 Å². The predicted octanol–water partition coefficient (Wildman–Crippen LogP) is 1.01. The first kappa shape index (κ1) is 10.6. The van der Waals surface area contributed by atoms with E-state index in [0.29, 0.717) is 11.9 Å². The van der Waals surface area contributed by atoms with Crippen molar-refractivity contribution in [1.29, 1.82) is 5.26 Å². The van der Waals surface area contributed by atoms with E-state index in [2.05, 4.69) is 22.9 Å². The Bertz CT molecular complexity index is 200. The summed E-state index contributed by atoms with van der Waals surface area (Å²) in [6, 6.07) is 2.17. The standard InChI is InChI=1S/C9H15N3S/c1-2-5-11-9-12(6-3-4-10)7-8-13-9/h2,9,11H,1,3,5-8H2. The van der Waals surface area contributed by atoms with Crippen LogP contribution < -0.4 is 5.32 Å². The van der Waals surface area contributed by atoms with Gasteiger partial charge in [-0.25, -0.2) is 0 Å². The lowest BCUT2D eigenvalue weighted by atomic mass is 10.4. The zero-order chi connectivity index (χ0) is 9.52. The average molecular weight is 197 g/mol. The molecule has 1 aliphatic heterocycles. The fourth-order valence-electron chi connectivity index (χ4n) is 1.30. The summed E-state index contributed by atoms with van der Waals surface area (Å²) in [6.07, 6.45) is 2.48. The van der Waals surface area contributed by atoms with Gasteiger partial charge in [0.25, 0.3) is 0 Å². The molecular weight excluding hydrogens is 182 g/mol. The van der Waals surface area contributed by atoms with Crippen molar-refractivity contribution < 1.29 is 0 Å². The van der Waals surface area contributed by atoms with Gasteiger partial charge < -0.3 is 0 Å². The highest BCUT2D eigenvalue weighted by molar-refractivity contribution is 8.00. The number of nitrogens with one attached hydrogen (secondary N) is 1. The summed E-state index contributed by atoms with van der Waals surface area (Å²) in [7, 11) is 0. The molecular formula is C9H15N3S. The van der Waals surface area contributed by atoms with E-state index < -0.39 is 0 Å². The van der Waals surface area contributed by atoms with Crippen LogP contribution in [0.3, 0.4) is 0 Å². The van der Waals surface area contributed by atoms with Crippen LogP contribution >= 0.6 is 11.8 Å². The molecule has 1 N–H and O–H groups in total. The largest absolute Gasteiger partial charge is 0.290 e. The Hall–Kier alpha value is -0.500. The molecule has 72 valence electrons. The van der Waals surface area contributed by atoms with Crippen molar-refractivity contribution in [2.24, 2.45) is 0 Å². The lowest BCUT2D eigenvalue weighted by molar-refractivity contribution is 0.267. The minimum absolute atomic E-state index is 0.381. The number of nitriles is 1. The number of thioether (sulfide) groups is 1. The van der Waals surface area contributed by atoms with Crippen LogP contribution in [-0.4, -0.2) is 35.8 Å². The third-order valence-corrected chi connectivity index (χ3v) is 3.13. The highest BCUT2D eigenvalue weighted by Crippen LogP contribution is 2.20. The van der Waals surface area contributed by atoms with Gasteiger partial charge in [0, 0.05) is 31.8 Å². The molecule has 1 fully saturated rings. The van der Waals surface area contributed by atoms with E-state index in [-0.39, 0.29) is 0 Å². The topological polar surface area (TPSA) is 39.1 Å². The van der Waals surface area contributed by atoms with Crippen LogP contribution in [0.4, 0.5) is 0 Å². The molecule has 0 aromatic carbocycles. The van der Waals surface area contributed by atoms with E-state index in [0.717, 1.165) is 25.4 Å². The Morgan fingerprint density at radius 1 is 1.77 bits per heavy atom. The Balaban J connectivity index is 2.26. The van der Waals surface area contributed by atoms with Crippen LogP contribution in [0.15, 0.2) is 12.7 Å². The van der Waals surface area contributed by atoms with Crippen LogP contribution in [0, 0.1) is 11.3 Å². The molecule has 0 spiro atoms. The second kappa shape index (κ2) is 6.03. The number of rotatable bonds is 5. The van der Waals surface area contributed by atoms with Crippen molar-refractivity contribution in [3.8, 4) is 6.07 Å². The van der Waals surface area contributed by atoms with Crippen molar-refractivity contribution in [1.82, 2.24) is 10.2 Å². The van der Waals surface area contributed by atoms with Crippen LogP contribution in [0.2, 0.25) is 0 Å². The first-order valence-electron chi connectivity index (χ1n) is 4.45. The summed E-state index contributed by atoms with van der Waals surface area (Å²) in [5.41, 5.74) is 0.381. The van der Waals surface area contributed by atoms with Gasteiger partial charge in [-0.05, 0) is 0 Å². The van der Waals surface area contributed by atoms with E-state index in [1.807, 2.05) is 17.8 Å². The number of hydrogen-bond acceptors (Lipinski definition) is 4. The second-order valence-corrected chi connectivity index (χ2v) is 4.05. The lowest BCUT2D eigenvalue weighted by Crippen LogP contribution is -2.40. The van der Waals surface area contributed by atoms with Crippen molar-refractivity contribution in [2.75, 3.05) is 25.4 Å². The van der Waals surface area contributed by atoms with E-state index in [1.54, 1.807) is 0 Å². The van der Waals surface area contributed by atoms with Crippen LogP contribution in [0.1, 0.15) is 6.42 Å². The molecule has 1 atom stereocenters. The minimum Gasteiger partial charge on any atom is -0.290 e. The summed E-state index contributed by atoms with van der Waals surface area (Å²) in [5, 5.41) is 11.8. The SMILES string of the molecule is C=CCNC1SCCN1CCC#N. The zero-order valence-corrected chi connectivity index (χ0v) is 8.52. The summed E-state index contributed by atoms with van der Waals surface area (Å²) < 4.78 is 0. The Morgan fingerprint density at radius 3 is 3.31 bits per heavy atom. The van der Waals surface area contributed by atoms with E-state index in [4.69, 9.17) is 5.26 Å². The smallest absolute Gasteiger partial charge is 0.108 e. The van der Waals surface area contributed by atoms with Crippen LogP contribution in [-0.2, 0) is 0 Å². The summed E-state index contributed by atoms with van der Waals surface area (Å²) in [6.45, 7) is 6.46. The Kier molecular flexibility index (Phi) is 4.91. The fourth-order valence-corrected chi connectivity index (χ4v) is 2.50. The summed E-state index contributed by atoms with van der Waals surface area (Å²) in [4.78, 5) is 2.30. The molecule has 1 aliphatic rings. The molecule has 1 saturated heterocycles. The van der Waals surface area contributed by atoms with Crippen LogP contribution in [0.5, 0.6) is 0 Å². The number of hydrogen-bond donors (Lipinski definition) is 1. The lowest BCUT2D eigenvalue weighted by Gasteiger charge is -2.22. The maximum atomic E-state index is 8.47. The van der Waals surface area contributed by atoms with Gasteiger partial charge in [-0.1, -0.05) is 6.08 Å². The predicted molar refractivity (Wildman–Crippen MR) is 56.2 cm³/mol. The maximum absolute atomic E-state index is 8.47. The van der Waals surface area contributed by atoms with Crippen molar-refractivity contribution in [3.05, 3.63) is 12.7 Å². The molecule has 1 unspecified atom stereocenters. The highest BCUT2D eigenvalue weighted by Gasteiger charge is 2.23. The van der Waals surface area contributed by atoms with Gasteiger partial charge in [0.2, 0.25) is 0 Å². The summed E-state index contributed by atoms with van der Waals surface area (Å²) in [5.74, 6) is 1.15. The monoisotopic (exact) mass is 197 g/mol. The average Bonchev–Trinajstić information content (AvgIpc) is 2.59. The number of nitrogens with zero attached hydrogens (tertiary/aromatic N) is 2. The first-order valence-corrected chi connectivity index (χ1v) is 5.50. The van der Waals surface area contributed by atoms with Gasteiger partial charge in [-0.3, -0.25) is 10.2 Å². The van der Waals surface area contributed by atoms with Gasteiger partial charge in [0.15, 0.2) is 0 Å². The fraction of sp³-hybridized carbons (Fsp3) is 0.667. The molecule has 0 aliphatic carbocycles. The Morgan fingerprint density at radius 2 is 2.62 bits per heavy atom. The van der Waals surface area contributed by atoms with E-state index >= 15 is 0 Å². The van der Waals surface area contributed by atoms with Gasteiger partial charge >= 0.3 is 0 Å². The molecule has 0 radical (unpaired) electrons. The van der Waals surface area contributed by atoms with Crippen LogP contribution in [0.25, 0.3) is 0 Å². The van der Waals surface area contributed by atoms with Crippen molar-refractivity contribution in [2.45, 2.75) is 11.9 Å². The molecule has 1 rings (SSSR count). The normalized spacial score (nSPS) is 22.8. The van der Waals surface area contributed by atoms with Gasteiger partial charge in [-0.2, -0.15) is 5.26 Å². The third-order valence-electron chi connectivity index (χ3n) is 1.93.